The van der Waals surface area contributed by atoms with Crippen LogP contribution < -0.4 is 0 Å². The van der Waals surface area contributed by atoms with Crippen LogP contribution in [0.2, 0.25) is 0 Å². The summed E-state index contributed by atoms with van der Waals surface area (Å²) in [6.45, 7) is 3.42. The predicted octanol–water partition coefficient (Wildman–Crippen LogP) is 3.97. The molecule has 1 unspecified atom stereocenters. The van der Waals surface area contributed by atoms with Gasteiger partial charge in [0, 0.05) is 38.0 Å². The van der Waals surface area contributed by atoms with Gasteiger partial charge in [0.2, 0.25) is 5.91 Å². The molecule has 4 heterocycles. The first-order chi connectivity index (χ1) is 11.7. The molecule has 0 saturated carbocycles. The average Bonchev–Trinajstić information content (AvgIpc) is 3.34. The molecule has 0 aromatic carbocycles. The second kappa shape index (κ2) is 6.73. The third-order valence-electron chi connectivity index (χ3n) is 5.21. The maximum atomic E-state index is 12.6. The Bertz CT molecular complexity index is 685. The molecule has 1 atom stereocenters. The smallest absolute Gasteiger partial charge is 0.223 e. The fraction of sp³-hybridized carbons (Fsp3) is 0.526. The number of furan rings is 1. The molecular formula is C19H23NO3S. The number of rotatable bonds is 4. The molecule has 5 heteroatoms. The van der Waals surface area contributed by atoms with Crippen LogP contribution in [0.1, 0.15) is 31.4 Å². The van der Waals surface area contributed by atoms with Crippen LogP contribution in [0.15, 0.2) is 34.1 Å². The Hall–Kier alpha value is -1.59. The molecule has 4 nitrogen and oxygen atoms in total. The predicted molar refractivity (Wildman–Crippen MR) is 94.0 cm³/mol. The van der Waals surface area contributed by atoms with E-state index < -0.39 is 0 Å². The van der Waals surface area contributed by atoms with Crippen LogP contribution in [-0.2, 0) is 16.0 Å². The molecule has 2 fully saturated rings. The highest BCUT2D eigenvalue weighted by atomic mass is 32.1. The van der Waals surface area contributed by atoms with Crippen molar-refractivity contribution in [3.05, 3.63) is 35.4 Å². The van der Waals surface area contributed by atoms with Crippen LogP contribution in [-0.4, -0.2) is 37.1 Å². The van der Waals surface area contributed by atoms with Crippen molar-refractivity contribution in [3.8, 4) is 10.6 Å². The lowest BCUT2D eigenvalue weighted by atomic mass is 9.79. The average molecular weight is 345 g/mol. The molecule has 0 radical (unpaired) electrons. The van der Waals surface area contributed by atoms with Gasteiger partial charge in [-0.2, -0.15) is 0 Å². The Morgan fingerprint density at radius 2 is 2.25 bits per heavy atom. The highest BCUT2D eigenvalue weighted by Gasteiger charge is 2.40. The number of amides is 1. The summed E-state index contributed by atoms with van der Waals surface area (Å²) in [5.41, 5.74) is 0.227. The molecule has 24 heavy (non-hydrogen) atoms. The fourth-order valence-corrected chi connectivity index (χ4v) is 4.53. The molecule has 4 rings (SSSR count). The first-order valence-corrected chi connectivity index (χ1v) is 9.60. The van der Waals surface area contributed by atoms with Crippen LogP contribution in [0.3, 0.4) is 0 Å². The van der Waals surface area contributed by atoms with Crippen molar-refractivity contribution in [2.45, 2.75) is 32.1 Å². The molecule has 2 aromatic heterocycles. The van der Waals surface area contributed by atoms with Crippen molar-refractivity contribution in [1.29, 1.82) is 0 Å². The number of carbonyl (C=O) groups is 1. The minimum Gasteiger partial charge on any atom is -0.460 e. The number of thiophene rings is 1. The van der Waals surface area contributed by atoms with E-state index in [1.807, 2.05) is 28.5 Å². The van der Waals surface area contributed by atoms with Gasteiger partial charge < -0.3 is 14.1 Å². The van der Waals surface area contributed by atoms with Crippen molar-refractivity contribution in [1.82, 2.24) is 4.90 Å². The Balaban J connectivity index is 1.33. The summed E-state index contributed by atoms with van der Waals surface area (Å²) < 4.78 is 11.5. The number of carbonyl (C=O) groups excluding carboxylic acids is 1. The Kier molecular flexibility index (Phi) is 4.46. The van der Waals surface area contributed by atoms with E-state index in [9.17, 15) is 4.79 Å². The largest absolute Gasteiger partial charge is 0.460 e. The number of hydrogen-bond acceptors (Lipinski definition) is 4. The van der Waals surface area contributed by atoms with Gasteiger partial charge in [0.1, 0.15) is 11.5 Å². The summed E-state index contributed by atoms with van der Waals surface area (Å²) >= 11 is 1.67. The number of ether oxygens (including phenoxy) is 1. The van der Waals surface area contributed by atoms with Crippen molar-refractivity contribution in [2.24, 2.45) is 5.41 Å². The first-order valence-electron chi connectivity index (χ1n) is 8.72. The minimum atomic E-state index is 0.227. The van der Waals surface area contributed by atoms with E-state index in [1.54, 1.807) is 11.3 Å². The maximum absolute atomic E-state index is 12.6. The van der Waals surface area contributed by atoms with E-state index in [1.165, 1.54) is 6.42 Å². The van der Waals surface area contributed by atoms with E-state index in [0.717, 1.165) is 55.5 Å². The van der Waals surface area contributed by atoms with Crippen molar-refractivity contribution < 1.29 is 13.9 Å². The second-order valence-corrected chi connectivity index (χ2v) is 7.91. The Morgan fingerprint density at radius 1 is 1.29 bits per heavy atom. The molecule has 2 aliphatic heterocycles. The fourth-order valence-electron chi connectivity index (χ4n) is 3.84. The normalized spacial score (nSPS) is 23.9. The number of piperidine rings is 1. The van der Waals surface area contributed by atoms with Crippen LogP contribution in [0, 0.1) is 5.41 Å². The third kappa shape index (κ3) is 3.28. The summed E-state index contributed by atoms with van der Waals surface area (Å²) in [5.74, 6) is 2.03. The highest BCUT2D eigenvalue weighted by Crippen LogP contribution is 2.37. The van der Waals surface area contributed by atoms with Gasteiger partial charge >= 0.3 is 0 Å². The SMILES string of the molecule is O=C(CCc1ccc(-c2cccs2)o1)N1CCCC2(CCOC2)C1. The lowest BCUT2D eigenvalue weighted by molar-refractivity contribution is -0.134. The summed E-state index contributed by atoms with van der Waals surface area (Å²) in [5, 5.41) is 2.04. The monoisotopic (exact) mass is 345 g/mol. The standard InChI is InChI=1S/C19H23NO3S/c21-18(20-10-2-8-19(13-20)9-11-22-14-19)7-5-15-4-6-16(23-15)17-3-1-12-24-17/h1,3-4,6,12H,2,5,7-11,13-14H2. The zero-order valence-corrected chi connectivity index (χ0v) is 14.6. The van der Waals surface area contributed by atoms with E-state index in [0.29, 0.717) is 12.8 Å². The zero-order chi connectivity index (χ0) is 16.4. The molecule has 2 aromatic rings. The van der Waals surface area contributed by atoms with Gasteiger partial charge in [-0.15, -0.1) is 11.3 Å². The molecular weight excluding hydrogens is 322 g/mol. The number of likely N-dealkylation sites (tertiary alicyclic amines) is 1. The molecule has 2 aliphatic rings. The van der Waals surface area contributed by atoms with Gasteiger partial charge in [-0.05, 0) is 42.8 Å². The van der Waals surface area contributed by atoms with Crippen molar-refractivity contribution >= 4 is 17.2 Å². The van der Waals surface area contributed by atoms with Crippen LogP contribution in [0.5, 0.6) is 0 Å². The van der Waals surface area contributed by atoms with Crippen LogP contribution in [0.25, 0.3) is 10.6 Å². The summed E-state index contributed by atoms with van der Waals surface area (Å²) in [4.78, 5) is 15.8. The summed E-state index contributed by atoms with van der Waals surface area (Å²) in [6, 6.07) is 8.06. The number of nitrogens with zero attached hydrogens (tertiary/aromatic N) is 1. The van der Waals surface area contributed by atoms with E-state index in [4.69, 9.17) is 9.15 Å². The molecule has 1 spiro atoms. The lowest BCUT2D eigenvalue weighted by Gasteiger charge is -2.39. The quantitative estimate of drug-likeness (QED) is 0.842. The minimum absolute atomic E-state index is 0.227. The second-order valence-electron chi connectivity index (χ2n) is 6.96. The molecule has 0 N–H and O–H groups in total. The Labute approximate surface area is 146 Å². The first kappa shape index (κ1) is 15.9. The highest BCUT2D eigenvalue weighted by molar-refractivity contribution is 7.13. The summed E-state index contributed by atoms with van der Waals surface area (Å²) in [7, 11) is 0. The maximum Gasteiger partial charge on any atom is 0.223 e. The van der Waals surface area contributed by atoms with Crippen LogP contribution in [0.4, 0.5) is 0 Å². The third-order valence-corrected chi connectivity index (χ3v) is 6.09. The van der Waals surface area contributed by atoms with Gasteiger partial charge in [-0.3, -0.25) is 4.79 Å². The van der Waals surface area contributed by atoms with E-state index in [2.05, 4.69) is 6.07 Å². The van der Waals surface area contributed by atoms with Crippen molar-refractivity contribution in [2.75, 3.05) is 26.3 Å². The number of aryl methyl sites for hydroxylation is 1. The Morgan fingerprint density at radius 3 is 3.04 bits per heavy atom. The van der Waals surface area contributed by atoms with Crippen molar-refractivity contribution in [3.63, 3.8) is 0 Å². The van der Waals surface area contributed by atoms with Gasteiger partial charge in [-0.25, -0.2) is 0 Å². The topological polar surface area (TPSA) is 42.7 Å². The lowest BCUT2D eigenvalue weighted by Crippen LogP contribution is -2.46. The van der Waals surface area contributed by atoms with Crippen LogP contribution >= 0.6 is 11.3 Å². The van der Waals surface area contributed by atoms with Gasteiger partial charge in [0.15, 0.2) is 0 Å². The molecule has 2 saturated heterocycles. The van der Waals surface area contributed by atoms with Gasteiger partial charge in [0.25, 0.3) is 0 Å². The zero-order valence-electron chi connectivity index (χ0n) is 13.8. The van der Waals surface area contributed by atoms with Gasteiger partial charge in [0.05, 0.1) is 11.5 Å². The molecule has 128 valence electrons. The van der Waals surface area contributed by atoms with E-state index in [-0.39, 0.29) is 11.3 Å². The number of hydrogen-bond donors (Lipinski definition) is 0. The van der Waals surface area contributed by atoms with E-state index >= 15 is 0 Å². The molecule has 1 amide bonds. The van der Waals surface area contributed by atoms with Gasteiger partial charge in [-0.1, -0.05) is 6.07 Å². The summed E-state index contributed by atoms with van der Waals surface area (Å²) in [6.07, 6.45) is 4.58. The molecule has 0 bridgehead atoms. The molecule has 0 aliphatic carbocycles.